The Hall–Kier alpha value is -1.32. The lowest BCUT2D eigenvalue weighted by Crippen LogP contribution is -2.25. The third-order valence-corrected chi connectivity index (χ3v) is 4.41. The molecule has 3 nitrogen and oxygen atoms in total. The summed E-state index contributed by atoms with van der Waals surface area (Å²) in [6.07, 6.45) is 2.35. The van der Waals surface area contributed by atoms with E-state index in [1.165, 1.54) is 16.5 Å². The molecule has 1 heterocycles. The standard InChI is InChI=1S/C18H29N3/c1-5-19(6-2)13-16-14-21(15-20(7-3)8-4)18-12-10-9-11-17(16)18/h9-12,14H,5-8,13,15H2,1-4H3. The molecule has 3 heteroatoms. The Morgan fingerprint density at radius 2 is 1.48 bits per heavy atom. The summed E-state index contributed by atoms with van der Waals surface area (Å²) in [7, 11) is 0. The van der Waals surface area contributed by atoms with Gasteiger partial charge in [-0.25, -0.2) is 0 Å². The van der Waals surface area contributed by atoms with Crippen molar-refractivity contribution in [3.8, 4) is 0 Å². The summed E-state index contributed by atoms with van der Waals surface area (Å²) in [6, 6.07) is 8.79. The van der Waals surface area contributed by atoms with E-state index >= 15 is 0 Å². The van der Waals surface area contributed by atoms with Gasteiger partial charge in [0, 0.05) is 23.6 Å². The molecule has 0 spiro atoms. The summed E-state index contributed by atoms with van der Waals surface area (Å²) in [5.41, 5.74) is 2.80. The molecule has 0 aliphatic rings. The number of benzene rings is 1. The molecule has 0 N–H and O–H groups in total. The zero-order chi connectivity index (χ0) is 15.2. The summed E-state index contributed by atoms with van der Waals surface area (Å²) >= 11 is 0. The SMILES string of the molecule is CCN(CC)Cc1cn(CN(CC)CC)c2ccccc12. The molecule has 0 atom stereocenters. The lowest BCUT2D eigenvalue weighted by Gasteiger charge is -2.19. The first kappa shape index (κ1) is 16.1. The minimum atomic E-state index is 0.978. The van der Waals surface area contributed by atoms with Crippen molar-refractivity contribution < 1.29 is 0 Å². The Morgan fingerprint density at radius 1 is 0.857 bits per heavy atom. The lowest BCUT2D eigenvalue weighted by atomic mass is 10.1. The molecule has 0 saturated carbocycles. The first-order valence-corrected chi connectivity index (χ1v) is 8.24. The number of para-hydroxylation sites is 1. The minimum absolute atomic E-state index is 0.978. The maximum absolute atomic E-state index is 2.48. The number of aromatic nitrogens is 1. The van der Waals surface area contributed by atoms with E-state index < -0.39 is 0 Å². The third-order valence-electron chi connectivity index (χ3n) is 4.41. The van der Waals surface area contributed by atoms with Crippen LogP contribution in [0, 0.1) is 0 Å². The molecular formula is C18H29N3. The molecule has 0 amide bonds. The van der Waals surface area contributed by atoms with Crippen LogP contribution < -0.4 is 0 Å². The van der Waals surface area contributed by atoms with Gasteiger partial charge in [0.25, 0.3) is 0 Å². The van der Waals surface area contributed by atoms with Crippen molar-refractivity contribution in [2.45, 2.75) is 40.9 Å². The number of hydrogen-bond acceptors (Lipinski definition) is 2. The van der Waals surface area contributed by atoms with Crippen molar-refractivity contribution in [1.82, 2.24) is 14.4 Å². The zero-order valence-corrected chi connectivity index (χ0v) is 14.0. The van der Waals surface area contributed by atoms with Crippen molar-refractivity contribution in [2.75, 3.05) is 26.2 Å². The number of rotatable bonds is 8. The molecule has 0 saturated heterocycles. The zero-order valence-electron chi connectivity index (χ0n) is 14.0. The van der Waals surface area contributed by atoms with Crippen LogP contribution >= 0.6 is 0 Å². The molecule has 0 aliphatic heterocycles. The van der Waals surface area contributed by atoms with Crippen LogP contribution in [0.1, 0.15) is 33.3 Å². The van der Waals surface area contributed by atoms with Crippen molar-refractivity contribution in [2.24, 2.45) is 0 Å². The molecule has 0 unspecified atom stereocenters. The quantitative estimate of drug-likeness (QED) is 0.732. The van der Waals surface area contributed by atoms with Gasteiger partial charge in [0.1, 0.15) is 0 Å². The smallest absolute Gasteiger partial charge is 0.0750 e. The maximum atomic E-state index is 2.48. The topological polar surface area (TPSA) is 11.4 Å². The van der Waals surface area contributed by atoms with Crippen molar-refractivity contribution >= 4 is 10.9 Å². The third kappa shape index (κ3) is 3.66. The molecule has 0 radical (unpaired) electrons. The van der Waals surface area contributed by atoms with E-state index in [4.69, 9.17) is 0 Å². The van der Waals surface area contributed by atoms with Gasteiger partial charge in [-0.3, -0.25) is 9.80 Å². The molecule has 0 fully saturated rings. The lowest BCUT2D eigenvalue weighted by molar-refractivity contribution is 0.245. The number of fused-ring (bicyclic) bond motifs is 1. The van der Waals surface area contributed by atoms with Crippen LogP contribution in [0.25, 0.3) is 10.9 Å². The first-order valence-electron chi connectivity index (χ1n) is 8.24. The highest BCUT2D eigenvalue weighted by Crippen LogP contribution is 2.23. The second kappa shape index (κ2) is 7.62. The van der Waals surface area contributed by atoms with Crippen molar-refractivity contribution in [1.29, 1.82) is 0 Å². The van der Waals surface area contributed by atoms with E-state index in [0.717, 1.165) is 39.4 Å². The van der Waals surface area contributed by atoms with Gasteiger partial charge >= 0.3 is 0 Å². The predicted molar refractivity (Wildman–Crippen MR) is 91.5 cm³/mol. The molecule has 0 bridgehead atoms. The van der Waals surface area contributed by atoms with Crippen LogP contribution in [0.15, 0.2) is 30.5 Å². The fourth-order valence-electron chi connectivity index (χ4n) is 2.89. The van der Waals surface area contributed by atoms with Gasteiger partial charge in [-0.1, -0.05) is 45.9 Å². The van der Waals surface area contributed by atoms with Crippen LogP contribution in [-0.4, -0.2) is 40.5 Å². The van der Waals surface area contributed by atoms with Gasteiger partial charge in [-0.15, -0.1) is 0 Å². The second-order valence-electron chi connectivity index (χ2n) is 5.55. The summed E-state index contributed by atoms with van der Waals surface area (Å²) < 4.78 is 2.40. The van der Waals surface area contributed by atoms with E-state index in [2.05, 4.69) is 72.5 Å². The van der Waals surface area contributed by atoms with Gasteiger partial charge in [0.2, 0.25) is 0 Å². The Bertz CT molecular complexity index is 503. The van der Waals surface area contributed by atoms with Crippen LogP contribution in [-0.2, 0) is 13.2 Å². The Balaban J connectivity index is 2.34. The van der Waals surface area contributed by atoms with Gasteiger partial charge in [-0.2, -0.15) is 0 Å². The maximum Gasteiger partial charge on any atom is 0.0750 e. The fraction of sp³-hybridized carbons (Fsp3) is 0.556. The molecule has 21 heavy (non-hydrogen) atoms. The van der Waals surface area contributed by atoms with Gasteiger partial charge < -0.3 is 4.57 Å². The largest absolute Gasteiger partial charge is 0.334 e. The highest BCUT2D eigenvalue weighted by Gasteiger charge is 2.11. The molecular weight excluding hydrogens is 258 g/mol. The highest BCUT2D eigenvalue weighted by molar-refractivity contribution is 5.83. The van der Waals surface area contributed by atoms with Crippen LogP contribution in [0.4, 0.5) is 0 Å². The molecule has 116 valence electrons. The predicted octanol–water partition coefficient (Wildman–Crippen LogP) is 3.78. The fourth-order valence-corrected chi connectivity index (χ4v) is 2.89. The number of hydrogen-bond donors (Lipinski definition) is 0. The highest BCUT2D eigenvalue weighted by atomic mass is 15.2. The summed E-state index contributed by atoms with van der Waals surface area (Å²) in [4.78, 5) is 4.93. The summed E-state index contributed by atoms with van der Waals surface area (Å²) in [6.45, 7) is 15.3. The van der Waals surface area contributed by atoms with Crippen molar-refractivity contribution in [3.05, 3.63) is 36.0 Å². The number of nitrogens with zero attached hydrogens (tertiary/aromatic N) is 3. The molecule has 0 aliphatic carbocycles. The normalized spacial score (nSPS) is 11.9. The Morgan fingerprint density at radius 3 is 2.10 bits per heavy atom. The van der Waals surface area contributed by atoms with Gasteiger partial charge in [0.05, 0.1) is 6.67 Å². The first-order chi connectivity index (χ1) is 10.2. The minimum Gasteiger partial charge on any atom is -0.334 e. The van der Waals surface area contributed by atoms with Crippen LogP contribution in [0.5, 0.6) is 0 Å². The molecule has 1 aromatic carbocycles. The molecule has 2 rings (SSSR count). The van der Waals surface area contributed by atoms with Gasteiger partial charge in [-0.05, 0) is 37.8 Å². The van der Waals surface area contributed by atoms with Crippen LogP contribution in [0.2, 0.25) is 0 Å². The summed E-state index contributed by atoms with van der Waals surface area (Å²) in [5.74, 6) is 0. The summed E-state index contributed by atoms with van der Waals surface area (Å²) in [5, 5.41) is 1.40. The molecule has 1 aromatic heterocycles. The Labute approximate surface area is 129 Å². The van der Waals surface area contributed by atoms with E-state index in [9.17, 15) is 0 Å². The second-order valence-corrected chi connectivity index (χ2v) is 5.55. The van der Waals surface area contributed by atoms with Gasteiger partial charge in [0.15, 0.2) is 0 Å². The van der Waals surface area contributed by atoms with Crippen molar-refractivity contribution in [3.63, 3.8) is 0 Å². The monoisotopic (exact) mass is 287 g/mol. The van der Waals surface area contributed by atoms with Crippen LogP contribution in [0.3, 0.4) is 0 Å². The Kier molecular flexibility index (Phi) is 5.83. The van der Waals surface area contributed by atoms with E-state index in [-0.39, 0.29) is 0 Å². The van der Waals surface area contributed by atoms with E-state index in [1.807, 2.05) is 0 Å². The van der Waals surface area contributed by atoms with E-state index in [1.54, 1.807) is 0 Å². The average Bonchev–Trinajstić information content (AvgIpc) is 2.88. The molecule has 2 aromatic rings. The average molecular weight is 287 g/mol. The van der Waals surface area contributed by atoms with E-state index in [0.29, 0.717) is 0 Å².